The number of nitrogens with two attached hydrogens (primary N) is 1. The van der Waals surface area contributed by atoms with Crippen LogP contribution >= 0.6 is 47.5 Å². The van der Waals surface area contributed by atoms with Crippen LogP contribution in [0, 0.1) is 6.92 Å². The van der Waals surface area contributed by atoms with Crippen LogP contribution in [0.1, 0.15) is 21.2 Å². The molecule has 1 saturated heterocycles. The van der Waals surface area contributed by atoms with Crippen LogP contribution in [0.3, 0.4) is 0 Å². The van der Waals surface area contributed by atoms with Gasteiger partial charge in [0, 0.05) is 43.4 Å². The van der Waals surface area contributed by atoms with Crippen molar-refractivity contribution in [3.8, 4) is 0 Å². The first-order valence-electron chi connectivity index (χ1n) is 7.28. The molecule has 2 aromatic rings. The molecule has 0 spiro atoms. The van der Waals surface area contributed by atoms with E-state index in [2.05, 4.69) is 20.2 Å². The molecule has 3 heterocycles. The van der Waals surface area contributed by atoms with E-state index in [1.165, 1.54) is 11.3 Å². The normalized spacial score (nSPS) is 14.1. The zero-order valence-corrected chi connectivity index (χ0v) is 16.6. The SMILES string of the molecule is Cc1csc(N2CCN(C(=O)c3csc(CCN)n3)CC2)n1.Cl.Cl. The highest BCUT2D eigenvalue weighted by Crippen LogP contribution is 2.22. The van der Waals surface area contributed by atoms with Gasteiger partial charge >= 0.3 is 0 Å². The van der Waals surface area contributed by atoms with Gasteiger partial charge in [0.25, 0.3) is 5.91 Å². The van der Waals surface area contributed by atoms with E-state index in [1.54, 1.807) is 11.3 Å². The first kappa shape index (κ1) is 21.1. The van der Waals surface area contributed by atoms with Crippen LogP contribution in [-0.4, -0.2) is 53.5 Å². The van der Waals surface area contributed by atoms with Gasteiger partial charge in [0.2, 0.25) is 0 Å². The van der Waals surface area contributed by atoms with E-state index in [9.17, 15) is 4.79 Å². The third-order valence-electron chi connectivity index (χ3n) is 3.57. The van der Waals surface area contributed by atoms with Gasteiger partial charge in [0.1, 0.15) is 5.69 Å². The molecule has 1 fully saturated rings. The maximum absolute atomic E-state index is 12.5. The van der Waals surface area contributed by atoms with E-state index in [-0.39, 0.29) is 30.7 Å². The molecule has 2 aromatic heterocycles. The molecule has 0 unspecified atom stereocenters. The predicted octanol–water partition coefficient (Wildman–Crippen LogP) is 2.22. The van der Waals surface area contributed by atoms with Gasteiger partial charge in [-0.15, -0.1) is 47.5 Å². The summed E-state index contributed by atoms with van der Waals surface area (Å²) in [5, 5.41) is 5.87. The van der Waals surface area contributed by atoms with Crippen molar-refractivity contribution in [2.24, 2.45) is 5.73 Å². The summed E-state index contributed by atoms with van der Waals surface area (Å²) in [5.74, 6) is 0.0227. The number of anilines is 1. The Morgan fingerprint density at radius 2 is 1.88 bits per heavy atom. The zero-order valence-electron chi connectivity index (χ0n) is 13.3. The molecule has 2 N–H and O–H groups in total. The Morgan fingerprint density at radius 3 is 2.46 bits per heavy atom. The Hall–Kier alpha value is -0.930. The number of hydrogen-bond acceptors (Lipinski definition) is 7. The highest BCUT2D eigenvalue weighted by Gasteiger charge is 2.24. The molecular formula is C14H21Cl2N5OS2. The molecule has 134 valence electrons. The summed E-state index contributed by atoms with van der Waals surface area (Å²) in [6, 6.07) is 0. The van der Waals surface area contributed by atoms with E-state index < -0.39 is 0 Å². The number of halogens is 2. The Labute approximate surface area is 161 Å². The number of carbonyl (C=O) groups is 1. The Balaban J connectivity index is 0.00000144. The Morgan fingerprint density at radius 1 is 1.17 bits per heavy atom. The molecule has 10 heteroatoms. The minimum absolute atomic E-state index is 0. The van der Waals surface area contributed by atoms with Crippen molar-refractivity contribution < 1.29 is 4.79 Å². The van der Waals surface area contributed by atoms with Gasteiger partial charge in [0.05, 0.1) is 10.7 Å². The lowest BCUT2D eigenvalue weighted by Gasteiger charge is -2.34. The van der Waals surface area contributed by atoms with Gasteiger partial charge in [-0.2, -0.15) is 0 Å². The number of hydrogen-bond donors (Lipinski definition) is 1. The highest BCUT2D eigenvalue weighted by molar-refractivity contribution is 7.13. The average molecular weight is 410 g/mol. The summed E-state index contributed by atoms with van der Waals surface area (Å²) in [5.41, 5.74) is 7.12. The largest absolute Gasteiger partial charge is 0.345 e. The van der Waals surface area contributed by atoms with Crippen molar-refractivity contribution in [3.05, 3.63) is 27.2 Å². The summed E-state index contributed by atoms with van der Waals surface area (Å²) in [6.07, 6.45) is 0.731. The molecule has 0 saturated carbocycles. The van der Waals surface area contributed by atoms with Gasteiger partial charge in [-0.25, -0.2) is 9.97 Å². The third kappa shape index (κ3) is 4.80. The quantitative estimate of drug-likeness (QED) is 0.837. The number of rotatable bonds is 4. The van der Waals surface area contributed by atoms with Gasteiger partial charge in [-0.1, -0.05) is 0 Å². The minimum Gasteiger partial charge on any atom is -0.345 e. The predicted molar refractivity (Wildman–Crippen MR) is 104 cm³/mol. The van der Waals surface area contributed by atoms with Crippen molar-refractivity contribution in [2.45, 2.75) is 13.3 Å². The number of thiazole rings is 2. The van der Waals surface area contributed by atoms with Crippen LogP contribution in [-0.2, 0) is 6.42 Å². The second-order valence-electron chi connectivity index (χ2n) is 5.22. The van der Waals surface area contributed by atoms with E-state index in [1.807, 2.05) is 17.2 Å². The molecule has 24 heavy (non-hydrogen) atoms. The second kappa shape index (κ2) is 9.53. The maximum atomic E-state index is 12.5. The molecule has 0 radical (unpaired) electrons. The molecule has 0 atom stereocenters. The lowest BCUT2D eigenvalue weighted by atomic mass is 10.3. The molecule has 3 rings (SSSR count). The van der Waals surface area contributed by atoms with Crippen LogP contribution in [0.4, 0.5) is 5.13 Å². The molecule has 0 aromatic carbocycles. The Kier molecular flexibility index (Phi) is 8.38. The summed E-state index contributed by atoms with van der Waals surface area (Å²) in [7, 11) is 0. The minimum atomic E-state index is 0. The van der Waals surface area contributed by atoms with Crippen LogP contribution in [0.2, 0.25) is 0 Å². The number of nitrogens with zero attached hydrogens (tertiary/aromatic N) is 4. The van der Waals surface area contributed by atoms with E-state index in [0.29, 0.717) is 25.3 Å². The standard InChI is InChI=1S/C14H19N5OS2.2ClH/c1-10-8-22-14(16-10)19-6-4-18(5-7-19)13(20)11-9-21-12(17-11)2-3-15;;/h8-9H,2-7,15H2,1H3;2*1H. The van der Waals surface area contributed by atoms with Crippen LogP contribution in [0.25, 0.3) is 0 Å². The zero-order chi connectivity index (χ0) is 15.5. The maximum Gasteiger partial charge on any atom is 0.273 e. The fraction of sp³-hybridized carbons (Fsp3) is 0.500. The molecular weight excluding hydrogens is 389 g/mol. The highest BCUT2D eigenvalue weighted by atomic mass is 35.5. The Bertz CT molecular complexity index is 655. The average Bonchev–Trinajstić information content (AvgIpc) is 3.16. The van der Waals surface area contributed by atoms with Gasteiger partial charge in [-0.05, 0) is 13.5 Å². The van der Waals surface area contributed by atoms with Crippen molar-refractivity contribution in [2.75, 3.05) is 37.6 Å². The molecule has 0 bridgehead atoms. The lowest BCUT2D eigenvalue weighted by molar-refractivity contribution is 0.0741. The second-order valence-corrected chi connectivity index (χ2v) is 7.00. The summed E-state index contributed by atoms with van der Waals surface area (Å²) < 4.78 is 0. The molecule has 1 aliphatic rings. The molecule has 1 aliphatic heterocycles. The number of carbonyl (C=O) groups excluding carboxylic acids is 1. The number of aromatic nitrogens is 2. The summed E-state index contributed by atoms with van der Waals surface area (Å²) in [6.45, 7) is 5.62. The monoisotopic (exact) mass is 409 g/mol. The summed E-state index contributed by atoms with van der Waals surface area (Å²) >= 11 is 3.17. The molecule has 1 amide bonds. The molecule has 6 nitrogen and oxygen atoms in total. The fourth-order valence-corrected chi connectivity index (χ4v) is 4.04. The van der Waals surface area contributed by atoms with Gasteiger partial charge < -0.3 is 15.5 Å². The number of piperazine rings is 1. The first-order chi connectivity index (χ1) is 10.7. The summed E-state index contributed by atoms with van der Waals surface area (Å²) in [4.78, 5) is 25.5. The van der Waals surface area contributed by atoms with Crippen molar-refractivity contribution in [3.63, 3.8) is 0 Å². The lowest BCUT2D eigenvalue weighted by Crippen LogP contribution is -2.48. The van der Waals surface area contributed by atoms with Crippen molar-refractivity contribution in [1.82, 2.24) is 14.9 Å². The van der Waals surface area contributed by atoms with E-state index in [0.717, 1.165) is 35.3 Å². The van der Waals surface area contributed by atoms with Crippen molar-refractivity contribution in [1.29, 1.82) is 0 Å². The third-order valence-corrected chi connectivity index (χ3v) is 5.50. The molecule has 0 aliphatic carbocycles. The first-order valence-corrected chi connectivity index (χ1v) is 9.04. The smallest absolute Gasteiger partial charge is 0.273 e. The topological polar surface area (TPSA) is 75.3 Å². The number of amides is 1. The number of aryl methyl sites for hydroxylation is 1. The van der Waals surface area contributed by atoms with Gasteiger partial charge in [0.15, 0.2) is 5.13 Å². The van der Waals surface area contributed by atoms with E-state index in [4.69, 9.17) is 5.73 Å². The van der Waals surface area contributed by atoms with Crippen molar-refractivity contribution >= 4 is 58.5 Å². The van der Waals surface area contributed by atoms with Crippen LogP contribution < -0.4 is 10.6 Å². The van der Waals surface area contributed by atoms with E-state index >= 15 is 0 Å². The van der Waals surface area contributed by atoms with Gasteiger partial charge in [-0.3, -0.25) is 4.79 Å². The fourth-order valence-electron chi connectivity index (χ4n) is 2.40. The van der Waals surface area contributed by atoms with Crippen LogP contribution in [0.5, 0.6) is 0 Å². The van der Waals surface area contributed by atoms with Crippen LogP contribution in [0.15, 0.2) is 10.8 Å².